The Morgan fingerprint density at radius 3 is 3.00 bits per heavy atom. The molecule has 1 fully saturated rings. The molecule has 0 aliphatic carbocycles. The average molecular weight is 321 g/mol. The first kappa shape index (κ1) is 12.8. The lowest BCUT2D eigenvalue weighted by molar-refractivity contribution is 0.0784. The summed E-state index contributed by atoms with van der Waals surface area (Å²) in [7, 11) is 0. The zero-order chi connectivity index (χ0) is 12.4. The molecule has 1 aliphatic heterocycles. The molecule has 1 heterocycles. The van der Waals surface area contributed by atoms with E-state index in [0.717, 1.165) is 11.8 Å². The summed E-state index contributed by atoms with van der Waals surface area (Å²) in [6.45, 7) is 1.36. The number of alkyl halides is 1. The minimum Gasteiger partial charge on any atom is -0.338 e. The van der Waals surface area contributed by atoms with Gasteiger partial charge in [-0.15, -0.1) is 0 Å². The summed E-state index contributed by atoms with van der Waals surface area (Å²) in [5.74, 6) is -0.434. The van der Waals surface area contributed by atoms with E-state index in [0.29, 0.717) is 19.0 Å². The lowest BCUT2D eigenvalue weighted by atomic mass is 10.1. The number of benzene rings is 1. The predicted molar refractivity (Wildman–Crippen MR) is 69.2 cm³/mol. The Bertz CT molecular complexity index is 441. The molecule has 1 aromatic carbocycles. The van der Waals surface area contributed by atoms with Crippen LogP contribution >= 0.6 is 27.5 Å². The minimum absolute atomic E-state index is 0.00733. The maximum absolute atomic E-state index is 13.7. The fourth-order valence-corrected chi connectivity index (χ4v) is 2.69. The average Bonchev–Trinajstić information content (AvgIpc) is 2.80. The molecule has 2 nitrogen and oxygen atoms in total. The third kappa shape index (κ3) is 2.63. The fourth-order valence-electron chi connectivity index (χ4n) is 1.98. The fraction of sp³-hybridized carbons (Fsp3) is 0.417. The van der Waals surface area contributed by atoms with Gasteiger partial charge in [0.05, 0.1) is 10.6 Å². The van der Waals surface area contributed by atoms with Crippen LogP contribution in [0.25, 0.3) is 0 Å². The van der Waals surface area contributed by atoms with Crippen molar-refractivity contribution >= 4 is 33.4 Å². The van der Waals surface area contributed by atoms with Gasteiger partial charge in [0.15, 0.2) is 5.82 Å². The van der Waals surface area contributed by atoms with E-state index >= 15 is 0 Å². The molecule has 5 heteroatoms. The molecule has 0 saturated carbocycles. The van der Waals surface area contributed by atoms with Gasteiger partial charge in [0.1, 0.15) is 0 Å². The number of nitrogens with zero attached hydrogens (tertiary/aromatic N) is 1. The SMILES string of the molecule is O=C(c1cccc(Cl)c1F)N1CCC(CBr)C1. The second kappa shape index (κ2) is 5.36. The van der Waals surface area contributed by atoms with Crippen molar-refractivity contribution in [3.8, 4) is 0 Å². The Labute approximate surface area is 113 Å². The van der Waals surface area contributed by atoms with Gasteiger partial charge >= 0.3 is 0 Å². The molecular weight excluding hydrogens is 308 g/mol. The van der Waals surface area contributed by atoms with Crippen LogP contribution in [0, 0.1) is 11.7 Å². The maximum atomic E-state index is 13.7. The lowest BCUT2D eigenvalue weighted by Crippen LogP contribution is -2.29. The molecule has 0 aromatic heterocycles. The van der Waals surface area contributed by atoms with E-state index in [9.17, 15) is 9.18 Å². The molecule has 1 saturated heterocycles. The van der Waals surface area contributed by atoms with Crippen LogP contribution in [-0.4, -0.2) is 29.2 Å². The Morgan fingerprint density at radius 2 is 2.35 bits per heavy atom. The standard InChI is InChI=1S/C12H12BrClFNO/c13-6-8-4-5-16(7-8)12(17)9-2-1-3-10(14)11(9)15/h1-3,8H,4-7H2. The quantitative estimate of drug-likeness (QED) is 0.765. The Morgan fingerprint density at radius 1 is 1.59 bits per heavy atom. The van der Waals surface area contributed by atoms with Crippen LogP contribution in [0.4, 0.5) is 4.39 Å². The van der Waals surface area contributed by atoms with Gasteiger partial charge in [-0.05, 0) is 24.5 Å². The van der Waals surface area contributed by atoms with Gasteiger partial charge in [0.2, 0.25) is 0 Å². The van der Waals surface area contributed by atoms with E-state index in [1.807, 2.05) is 0 Å². The van der Waals surface area contributed by atoms with Crippen molar-refractivity contribution in [1.82, 2.24) is 4.90 Å². The smallest absolute Gasteiger partial charge is 0.256 e. The van der Waals surface area contributed by atoms with Crippen molar-refractivity contribution in [3.63, 3.8) is 0 Å². The molecule has 0 N–H and O–H groups in total. The number of carbonyl (C=O) groups excluding carboxylic acids is 1. The van der Waals surface area contributed by atoms with Crippen molar-refractivity contribution in [2.75, 3.05) is 18.4 Å². The number of hydrogen-bond donors (Lipinski definition) is 0. The largest absolute Gasteiger partial charge is 0.338 e. The van der Waals surface area contributed by atoms with Crippen LogP contribution in [0.2, 0.25) is 5.02 Å². The highest BCUT2D eigenvalue weighted by molar-refractivity contribution is 9.09. The monoisotopic (exact) mass is 319 g/mol. The molecule has 1 amide bonds. The molecule has 0 radical (unpaired) electrons. The summed E-state index contributed by atoms with van der Waals surface area (Å²) in [5, 5.41) is 0.863. The highest BCUT2D eigenvalue weighted by atomic mass is 79.9. The third-order valence-electron chi connectivity index (χ3n) is 2.97. The highest BCUT2D eigenvalue weighted by Gasteiger charge is 2.28. The topological polar surface area (TPSA) is 20.3 Å². The van der Waals surface area contributed by atoms with Crippen LogP contribution in [0.1, 0.15) is 16.8 Å². The molecular formula is C12H12BrClFNO. The van der Waals surface area contributed by atoms with Gasteiger partial charge in [0, 0.05) is 18.4 Å². The number of carbonyl (C=O) groups is 1. The number of hydrogen-bond acceptors (Lipinski definition) is 1. The summed E-state index contributed by atoms with van der Waals surface area (Å²) in [6, 6.07) is 4.51. The predicted octanol–water partition coefficient (Wildman–Crippen LogP) is 3.34. The Hall–Kier alpha value is -0.610. The van der Waals surface area contributed by atoms with Gasteiger partial charge < -0.3 is 4.90 Å². The molecule has 2 rings (SSSR count). The van der Waals surface area contributed by atoms with Crippen molar-refractivity contribution in [3.05, 3.63) is 34.6 Å². The molecule has 1 aromatic rings. The van der Waals surface area contributed by atoms with E-state index in [1.54, 1.807) is 11.0 Å². The first-order chi connectivity index (χ1) is 8.13. The third-order valence-corrected chi connectivity index (χ3v) is 4.18. The van der Waals surface area contributed by atoms with Crippen molar-refractivity contribution < 1.29 is 9.18 Å². The summed E-state index contributed by atoms with van der Waals surface area (Å²) < 4.78 is 13.7. The summed E-state index contributed by atoms with van der Waals surface area (Å²) in [4.78, 5) is 13.8. The second-order valence-corrected chi connectivity index (χ2v) is 5.22. The molecule has 17 heavy (non-hydrogen) atoms. The first-order valence-electron chi connectivity index (χ1n) is 5.42. The summed E-state index contributed by atoms with van der Waals surface area (Å²) >= 11 is 9.07. The number of rotatable bonds is 2. The molecule has 0 bridgehead atoms. The van der Waals surface area contributed by atoms with Crippen LogP contribution in [0.15, 0.2) is 18.2 Å². The molecule has 1 atom stereocenters. The van der Waals surface area contributed by atoms with E-state index < -0.39 is 5.82 Å². The van der Waals surface area contributed by atoms with Crippen molar-refractivity contribution in [2.45, 2.75) is 6.42 Å². The Kier molecular flexibility index (Phi) is 4.05. The summed E-state index contributed by atoms with van der Waals surface area (Å²) in [5.41, 5.74) is 0.0627. The van der Waals surface area contributed by atoms with E-state index in [1.165, 1.54) is 12.1 Å². The van der Waals surface area contributed by atoms with Gasteiger partial charge in [0.25, 0.3) is 5.91 Å². The number of amides is 1. The van der Waals surface area contributed by atoms with Crippen molar-refractivity contribution in [2.24, 2.45) is 5.92 Å². The number of likely N-dealkylation sites (tertiary alicyclic amines) is 1. The zero-order valence-electron chi connectivity index (χ0n) is 9.13. The van der Waals surface area contributed by atoms with E-state index in [4.69, 9.17) is 11.6 Å². The Balaban J connectivity index is 2.18. The van der Waals surface area contributed by atoms with Crippen molar-refractivity contribution in [1.29, 1.82) is 0 Å². The van der Waals surface area contributed by atoms with Crippen LogP contribution < -0.4 is 0 Å². The highest BCUT2D eigenvalue weighted by Crippen LogP contribution is 2.23. The molecule has 0 spiro atoms. The zero-order valence-corrected chi connectivity index (χ0v) is 11.5. The van der Waals surface area contributed by atoms with Crippen LogP contribution in [0.3, 0.4) is 0 Å². The number of halogens is 3. The van der Waals surface area contributed by atoms with Gasteiger partial charge in [-0.1, -0.05) is 33.6 Å². The normalized spacial score (nSPS) is 19.7. The first-order valence-corrected chi connectivity index (χ1v) is 6.92. The summed E-state index contributed by atoms with van der Waals surface area (Å²) in [6.07, 6.45) is 0.958. The van der Waals surface area contributed by atoms with Crippen LogP contribution in [0.5, 0.6) is 0 Å². The van der Waals surface area contributed by atoms with Crippen LogP contribution in [-0.2, 0) is 0 Å². The van der Waals surface area contributed by atoms with Gasteiger partial charge in [-0.2, -0.15) is 0 Å². The van der Waals surface area contributed by atoms with Gasteiger partial charge in [-0.3, -0.25) is 4.79 Å². The molecule has 1 aliphatic rings. The van der Waals surface area contributed by atoms with Gasteiger partial charge in [-0.25, -0.2) is 4.39 Å². The molecule has 1 unspecified atom stereocenters. The molecule has 92 valence electrons. The lowest BCUT2D eigenvalue weighted by Gasteiger charge is -2.16. The van der Waals surface area contributed by atoms with E-state index in [2.05, 4.69) is 15.9 Å². The maximum Gasteiger partial charge on any atom is 0.256 e. The van der Waals surface area contributed by atoms with E-state index in [-0.39, 0.29) is 16.5 Å². The second-order valence-electron chi connectivity index (χ2n) is 4.16. The minimum atomic E-state index is -0.624.